The first-order valence-electron chi connectivity index (χ1n) is 8.72. The minimum absolute atomic E-state index is 0.0657. The van der Waals surface area contributed by atoms with Crippen LogP contribution in [0.4, 0.5) is 10.5 Å². The molecule has 0 radical (unpaired) electrons. The molecule has 0 bridgehead atoms. The molecule has 130 valence electrons. The average molecular weight is 355 g/mol. The molecule has 1 aliphatic heterocycles. The number of piperazine rings is 1. The molecule has 6 heteroatoms. The fourth-order valence-corrected chi connectivity index (χ4v) is 4.29. The molecule has 5 nitrogen and oxygen atoms in total. The summed E-state index contributed by atoms with van der Waals surface area (Å²) in [5, 5.41) is 4.98. The number of amides is 3. The van der Waals surface area contributed by atoms with Crippen molar-refractivity contribution in [2.24, 2.45) is 0 Å². The Labute approximate surface area is 151 Å². The summed E-state index contributed by atoms with van der Waals surface area (Å²) in [6.45, 7) is 2.30. The van der Waals surface area contributed by atoms with Gasteiger partial charge in [0, 0.05) is 31.9 Å². The highest BCUT2D eigenvalue weighted by atomic mass is 32.1. The van der Waals surface area contributed by atoms with Gasteiger partial charge in [0.1, 0.15) is 0 Å². The van der Waals surface area contributed by atoms with E-state index in [0.717, 1.165) is 29.8 Å². The highest BCUT2D eigenvalue weighted by Crippen LogP contribution is 2.29. The number of urea groups is 1. The van der Waals surface area contributed by atoms with E-state index in [4.69, 9.17) is 0 Å². The molecule has 0 saturated carbocycles. The number of hydrogen-bond acceptors (Lipinski definition) is 3. The van der Waals surface area contributed by atoms with Gasteiger partial charge in [-0.15, -0.1) is 11.3 Å². The van der Waals surface area contributed by atoms with Crippen LogP contribution >= 0.6 is 11.3 Å². The zero-order valence-corrected chi connectivity index (χ0v) is 14.8. The van der Waals surface area contributed by atoms with Crippen LogP contribution in [-0.4, -0.2) is 47.9 Å². The summed E-state index contributed by atoms with van der Waals surface area (Å²) in [4.78, 5) is 29.3. The second kappa shape index (κ2) is 6.88. The van der Waals surface area contributed by atoms with Crippen molar-refractivity contribution >= 4 is 29.0 Å². The molecule has 25 heavy (non-hydrogen) atoms. The number of benzene rings is 1. The Bertz CT molecular complexity index is 780. The summed E-state index contributed by atoms with van der Waals surface area (Å²) in [5.74, 6) is 0.0657. The average Bonchev–Trinajstić information content (AvgIpc) is 3.33. The van der Waals surface area contributed by atoms with Crippen molar-refractivity contribution in [1.29, 1.82) is 0 Å². The monoisotopic (exact) mass is 355 g/mol. The minimum atomic E-state index is -0.0662. The summed E-state index contributed by atoms with van der Waals surface area (Å²) < 4.78 is 0. The molecule has 1 aromatic heterocycles. The molecular weight excluding hydrogens is 334 g/mol. The van der Waals surface area contributed by atoms with Crippen LogP contribution in [0.3, 0.4) is 0 Å². The molecule has 4 rings (SSSR count). The van der Waals surface area contributed by atoms with Gasteiger partial charge >= 0.3 is 6.03 Å². The third-order valence-electron chi connectivity index (χ3n) is 4.97. The molecule has 0 atom stereocenters. The van der Waals surface area contributed by atoms with Gasteiger partial charge in [-0.2, -0.15) is 0 Å². The molecule has 0 spiro atoms. The summed E-state index contributed by atoms with van der Waals surface area (Å²) in [7, 11) is 0. The number of aryl methyl sites for hydroxylation is 1. The third kappa shape index (κ3) is 3.26. The van der Waals surface area contributed by atoms with Crippen molar-refractivity contribution in [3.63, 3.8) is 0 Å². The smallest absolute Gasteiger partial charge is 0.321 e. The Hall–Kier alpha value is -2.34. The third-order valence-corrected chi connectivity index (χ3v) is 5.83. The van der Waals surface area contributed by atoms with Gasteiger partial charge in [-0.25, -0.2) is 4.79 Å². The zero-order chi connectivity index (χ0) is 17.2. The highest BCUT2D eigenvalue weighted by Gasteiger charge is 2.26. The second-order valence-electron chi connectivity index (χ2n) is 6.48. The van der Waals surface area contributed by atoms with Gasteiger partial charge in [0.25, 0.3) is 5.91 Å². The van der Waals surface area contributed by atoms with Crippen molar-refractivity contribution < 1.29 is 9.59 Å². The number of carbonyl (C=O) groups excluding carboxylic acids is 2. The van der Waals surface area contributed by atoms with E-state index in [1.165, 1.54) is 22.5 Å². The molecule has 2 heterocycles. The lowest BCUT2D eigenvalue weighted by atomic mass is 10.1. The Kier molecular flexibility index (Phi) is 4.44. The van der Waals surface area contributed by atoms with E-state index in [2.05, 4.69) is 11.4 Å². The normalized spacial score (nSPS) is 16.6. The lowest BCUT2D eigenvalue weighted by Gasteiger charge is -2.34. The summed E-state index contributed by atoms with van der Waals surface area (Å²) in [6.07, 6.45) is 3.29. The molecule has 1 saturated heterocycles. The first-order valence-corrected chi connectivity index (χ1v) is 9.60. The van der Waals surface area contributed by atoms with Crippen molar-refractivity contribution in [3.8, 4) is 0 Å². The second-order valence-corrected chi connectivity index (χ2v) is 7.43. The number of anilines is 1. The van der Waals surface area contributed by atoms with Crippen molar-refractivity contribution in [1.82, 2.24) is 9.80 Å². The maximum absolute atomic E-state index is 12.6. The molecule has 2 aliphatic rings. The lowest BCUT2D eigenvalue weighted by Crippen LogP contribution is -2.51. The number of nitrogens with one attached hydrogen (secondary N) is 1. The van der Waals surface area contributed by atoms with Crippen molar-refractivity contribution in [2.75, 3.05) is 31.5 Å². The van der Waals surface area contributed by atoms with E-state index >= 15 is 0 Å². The largest absolute Gasteiger partial charge is 0.334 e. The predicted molar refractivity (Wildman–Crippen MR) is 99.3 cm³/mol. The SMILES string of the molecule is O=C(Nc1cccc2c1CCC2)N1CCN(C(=O)c2cccs2)CC1. The van der Waals surface area contributed by atoms with Crippen LogP contribution < -0.4 is 5.32 Å². The van der Waals surface area contributed by atoms with Crippen LogP contribution in [0.5, 0.6) is 0 Å². The Morgan fingerprint density at radius 2 is 1.76 bits per heavy atom. The van der Waals surface area contributed by atoms with Gasteiger partial charge < -0.3 is 15.1 Å². The highest BCUT2D eigenvalue weighted by molar-refractivity contribution is 7.12. The number of fused-ring (bicyclic) bond motifs is 1. The number of nitrogens with zero attached hydrogens (tertiary/aromatic N) is 2. The van der Waals surface area contributed by atoms with Crippen LogP contribution in [0.2, 0.25) is 0 Å². The van der Waals surface area contributed by atoms with Crippen LogP contribution in [0.1, 0.15) is 27.2 Å². The molecule has 3 amide bonds. The Balaban J connectivity index is 1.36. The first-order chi connectivity index (χ1) is 12.2. The topological polar surface area (TPSA) is 52.7 Å². The van der Waals surface area contributed by atoms with E-state index in [9.17, 15) is 9.59 Å². The molecule has 1 aromatic carbocycles. The quantitative estimate of drug-likeness (QED) is 0.899. The maximum Gasteiger partial charge on any atom is 0.321 e. The summed E-state index contributed by atoms with van der Waals surface area (Å²) >= 11 is 1.46. The predicted octanol–water partition coefficient (Wildman–Crippen LogP) is 3.23. The molecule has 0 unspecified atom stereocenters. The lowest BCUT2D eigenvalue weighted by molar-refractivity contribution is 0.0676. The Morgan fingerprint density at radius 3 is 2.52 bits per heavy atom. The molecule has 2 aromatic rings. The standard InChI is InChI=1S/C19H21N3O2S/c23-18(17-8-3-13-25-17)21-9-11-22(12-10-21)19(24)20-16-7-2-5-14-4-1-6-15(14)16/h2-3,5,7-8,13H,1,4,6,9-12H2,(H,20,24). The van der Waals surface area contributed by atoms with Crippen molar-refractivity contribution in [2.45, 2.75) is 19.3 Å². The van der Waals surface area contributed by atoms with Gasteiger partial charge in [0.15, 0.2) is 0 Å². The van der Waals surface area contributed by atoms with Gasteiger partial charge in [0.05, 0.1) is 4.88 Å². The summed E-state index contributed by atoms with van der Waals surface area (Å²) in [5.41, 5.74) is 3.57. The van der Waals surface area contributed by atoms with Crippen molar-refractivity contribution in [3.05, 3.63) is 51.7 Å². The number of hydrogen-bond donors (Lipinski definition) is 1. The fraction of sp³-hybridized carbons (Fsp3) is 0.368. The van der Waals surface area contributed by atoms with Crippen LogP contribution in [0, 0.1) is 0 Å². The van der Waals surface area contributed by atoms with E-state index in [0.29, 0.717) is 26.2 Å². The Morgan fingerprint density at radius 1 is 0.960 bits per heavy atom. The van der Waals surface area contributed by atoms with Gasteiger partial charge in [0.2, 0.25) is 0 Å². The van der Waals surface area contributed by atoms with Gasteiger partial charge in [-0.3, -0.25) is 4.79 Å². The maximum atomic E-state index is 12.6. The van der Waals surface area contributed by atoms with Gasteiger partial charge in [-0.05, 0) is 47.9 Å². The molecular formula is C19H21N3O2S. The van der Waals surface area contributed by atoms with Gasteiger partial charge in [-0.1, -0.05) is 18.2 Å². The minimum Gasteiger partial charge on any atom is -0.334 e. The molecule has 1 fully saturated rings. The van der Waals surface area contributed by atoms with Crippen LogP contribution in [0.15, 0.2) is 35.7 Å². The summed E-state index contributed by atoms with van der Waals surface area (Å²) in [6, 6.07) is 9.81. The first kappa shape index (κ1) is 16.1. The molecule has 1 N–H and O–H groups in total. The molecule has 1 aliphatic carbocycles. The number of rotatable bonds is 2. The van der Waals surface area contributed by atoms with E-state index in [1.54, 1.807) is 4.90 Å². The number of carbonyl (C=O) groups is 2. The van der Waals surface area contributed by atoms with E-state index in [1.807, 2.05) is 34.5 Å². The zero-order valence-electron chi connectivity index (χ0n) is 14.0. The van der Waals surface area contributed by atoms with E-state index in [-0.39, 0.29) is 11.9 Å². The van der Waals surface area contributed by atoms with Crippen LogP contribution in [0.25, 0.3) is 0 Å². The van der Waals surface area contributed by atoms with E-state index < -0.39 is 0 Å². The fourth-order valence-electron chi connectivity index (χ4n) is 3.60. The van der Waals surface area contributed by atoms with Crippen LogP contribution in [-0.2, 0) is 12.8 Å². The number of thiophene rings is 1.